The summed E-state index contributed by atoms with van der Waals surface area (Å²) < 4.78 is 10.7. The maximum atomic E-state index is 11.6. The molecule has 1 aromatic carbocycles. The first-order valence-electron chi connectivity index (χ1n) is 8.66. The second-order valence-corrected chi connectivity index (χ2v) is 6.92. The van der Waals surface area contributed by atoms with Gasteiger partial charge < -0.3 is 20.5 Å². The zero-order valence-corrected chi connectivity index (χ0v) is 15.4. The van der Waals surface area contributed by atoms with Crippen LogP contribution in [0, 0.1) is 0 Å². The van der Waals surface area contributed by atoms with Gasteiger partial charge in [-0.05, 0) is 30.2 Å². The van der Waals surface area contributed by atoms with Crippen molar-refractivity contribution in [2.45, 2.75) is 51.2 Å². The van der Waals surface area contributed by atoms with Gasteiger partial charge >= 0.3 is 5.97 Å². The van der Waals surface area contributed by atoms with Crippen LogP contribution in [0.1, 0.15) is 48.7 Å². The SMILES string of the molecule is CCOC(=O)CCNC1C(OC)Cc2ccc(C(N)=O)cc2C1(C)C. The van der Waals surface area contributed by atoms with E-state index < -0.39 is 5.91 Å². The summed E-state index contributed by atoms with van der Waals surface area (Å²) in [6.07, 6.45) is 1.03. The van der Waals surface area contributed by atoms with E-state index in [0.717, 1.165) is 17.5 Å². The van der Waals surface area contributed by atoms with Gasteiger partial charge in [0.2, 0.25) is 5.91 Å². The van der Waals surface area contributed by atoms with Crippen molar-refractivity contribution < 1.29 is 19.1 Å². The first-order valence-corrected chi connectivity index (χ1v) is 8.66. The van der Waals surface area contributed by atoms with Crippen molar-refractivity contribution in [2.75, 3.05) is 20.3 Å². The molecule has 6 nitrogen and oxygen atoms in total. The van der Waals surface area contributed by atoms with E-state index in [1.165, 1.54) is 0 Å². The molecular formula is C19H28N2O4. The summed E-state index contributed by atoms with van der Waals surface area (Å²) in [7, 11) is 1.70. The Morgan fingerprint density at radius 1 is 1.36 bits per heavy atom. The summed E-state index contributed by atoms with van der Waals surface area (Å²) in [5.74, 6) is -0.645. The number of carbonyl (C=O) groups is 2. The molecule has 2 atom stereocenters. The minimum Gasteiger partial charge on any atom is -0.466 e. The molecule has 0 saturated heterocycles. The summed E-state index contributed by atoms with van der Waals surface area (Å²) in [5, 5.41) is 3.45. The van der Waals surface area contributed by atoms with E-state index in [4.69, 9.17) is 15.2 Å². The minimum absolute atomic E-state index is 0.00236. The quantitative estimate of drug-likeness (QED) is 0.730. The third-order valence-corrected chi connectivity index (χ3v) is 4.96. The average Bonchev–Trinajstić information content (AvgIpc) is 2.56. The number of rotatable bonds is 7. The highest BCUT2D eigenvalue weighted by molar-refractivity contribution is 5.93. The molecule has 1 aromatic rings. The highest BCUT2D eigenvalue weighted by Gasteiger charge is 2.42. The largest absolute Gasteiger partial charge is 0.466 e. The maximum Gasteiger partial charge on any atom is 0.307 e. The first-order chi connectivity index (χ1) is 11.8. The Kier molecular flexibility index (Phi) is 6.19. The van der Waals surface area contributed by atoms with Gasteiger partial charge in [-0.1, -0.05) is 19.9 Å². The number of esters is 1. The van der Waals surface area contributed by atoms with Gasteiger partial charge in [-0.3, -0.25) is 9.59 Å². The summed E-state index contributed by atoms with van der Waals surface area (Å²) >= 11 is 0. The van der Waals surface area contributed by atoms with Crippen molar-refractivity contribution in [1.82, 2.24) is 5.32 Å². The predicted octanol–water partition coefficient (Wildman–Crippen LogP) is 1.55. The average molecular weight is 348 g/mol. The maximum absolute atomic E-state index is 11.6. The van der Waals surface area contributed by atoms with Crippen LogP contribution in [-0.4, -0.2) is 44.3 Å². The zero-order chi connectivity index (χ0) is 18.6. The Morgan fingerprint density at radius 2 is 2.08 bits per heavy atom. The lowest BCUT2D eigenvalue weighted by Gasteiger charge is -2.45. The molecule has 3 N–H and O–H groups in total. The minimum atomic E-state index is -0.431. The fraction of sp³-hybridized carbons (Fsp3) is 0.579. The summed E-state index contributed by atoms with van der Waals surface area (Å²) in [6.45, 7) is 6.92. The van der Waals surface area contributed by atoms with Gasteiger partial charge in [0.05, 0.1) is 19.1 Å². The van der Waals surface area contributed by atoms with Crippen LogP contribution in [0.4, 0.5) is 0 Å². The number of nitrogens with two attached hydrogens (primary N) is 1. The van der Waals surface area contributed by atoms with E-state index in [9.17, 15) is 9.59 Å². The van der Waals surface area contributed by atoms with Crippen LogP contribution in [0.5, 0.6) is 0 Å². The van der Waals surface area contributed by atoms with Gasteiger partial charge in [0.1, 0.15) is 0 Å². The lowest BCUT2D eigenvalue weighted by atomic mass is 9.67. The number of hydrogen-bond acceptors (Lipinski definition) is 5. The highest BCUT2D eigenvalue weighted by atomic mass is 16.5. The smallest absolute Gasteiger partial charge is 0.307 e. The van der Waals surface area contributed by atoms with E-state index in [0.29, 0.717) is 25.1 Å². The lowest BCUT2D eigenvalue weighted by molar-refractivity contribution is -0.143. The lowest BCUT2D eigenvalue weighted by Crippen LogP contribution is -2.57. The summed E-state index contributed by atoms with van der Waals surface area (Å²) in [4.78, 5) is 23.1. The van der Waals surface area contributed by atoms with E-state index in [1.807, 2.05) is 12.1 Å². The van der Waals surface area contributed by atoms with Crippen LogP contribution >= 0.6 is 0 Å². The third-order valence-electron chi connectivity index (χ3n) is 4.96. The Hall–Kier alpha value is -1.92. The van der Waals surface area contributed by atoms with E-state index in [-0.39, 0.29) is 23.5 Å². The topological polar surface area (TPSA) is 90.7 Å². The van der Waals surface area contributed by atoms with Crippen molar-refractivity contribution in [2.24, 2.45) is 5.73 Å². The molecule has 2 unspecified atom stereocenters. The molecule has 6 heteroatoms. The number of carbonyl (C=O) groups excluding carboxylic acids is 2. The predicted molar refractivity (Wildman–Crippen MR) is 95.5 cm³/mol. The van der Waals surface area contributed by atoms with Crippen molar-refractivity contribution in [3.63, 3.8) is 0 Å². The number of methoxy groups -OCH3 is 1. The number of nitrogens with one attached hydrogen (secondary N) is 1. The normalized spacial score (nSPS) is 21.4. The van der Waals surface area contributed by atoms with Crippen LogP contribution in [0.15, 0.2) is 18.2 Å². The Morgan fingerprint density at radius 3 is 2.68 bits per heavy atom. The van der Waals surface area contributed by atoms with Crippen LogP contribution in [-0.2, 0) is 26.1 Å². The van der Waals surface area contributed by atoms with Crippen LogP contribution < -0.4 is 11.1 Å². The molecule has 1 aliphatic carbocycles. The molecule has 1 amide bonds. The summed E-state index contributed by atoms with van der Waals surface area (Å²) in [5.41, 5.74) is 7.91. The molecule has 25 heavy (non-hydrogen) atoms. The molecule has 2 rings (SSSR count). The number of benzene rings is 1. The fourth-order valence-corrected chi connectivity index (χ4v) is 3.64. The molecule has 0 aromatic heterocycles. The second-order valence-electron chi connectivity index (χ2n) is 6.92. The van der Waals surface area contributed by atoms with Gasteiger partial charge in [0.15, 0.2) is 0 Å². The van der Waals surface area contributed by atoms with Gasteiger partial charge in [-0.25, -0.2) is 0 Å². The zero-order valence-electron chi connectivity index (χ0n) is 15.4. The first kappa shape index (κ1) is 19.4. The van der Waals surface area contributed by atoms with E-state index in [2.05, 4.69) is 19.2 Å². The summed E-state index contributed by atoms with van der Waals surface area (Å²) in [6, 6.07) is 5.60. The molecule has 0 radical (unpaired) electrons. The number of primary amides is 1. The van der Waals surface area contributed by atoms with Crippen molar-refractivity contribution in [1.29, 1.82) is 0 Å². The number of hydrogen-bond donors (Lipinski definition) is 2. The van der Waals surface area contributed by atoms with Crippen molar-refractivity contribution in [3.8, 4) is 0 Å². The molecule has 0 aliphatic heterocycles. The highest BCUT2D eigenvalue weighted by Crippen LogP contribution is 2.38. The Labute approximate surface area is 149 Å². The monoisotopic (exact) mass is 348 g/mol. The van der Waals surface area contributed by atoms with Crippen LogP contribution in [0.25, 0.3) is 0 Å². The number of amides is 1. The Balaban J connectivity index is 2.23. The molecule has 0 saturated carbocycles. The van der Waals surface area contributed by atoms with Crippen LogP contribution in [0.2, 0.25) is 0 Å². The molecule has 138 valence electrons. The number of fused-ring (bicyclic) bond motifs is 1. The molecular weight excluding hydrogens is 320 g/mol. The van der Waals surface area contributed by atoms with Crippen LogP contribution in [0.3, 0.4) is 0 Å². The third kappa shape index (κ3) is 4.19. The molecule has 0 fully saturated rings. The molecule has 0 spiro atoms. The van der Waals surface area contributed by atoms with Gasteiger partial charge in [-0.15, -0.1) is 0 Å². The van der Waals surface area contributed by atoms with Crippen molar-refractivity contribution in [3.05, 3.63) is 34.9 Å². The standard InChI is InChI=1S/C19H28N2O4/c1-5-25-16(22)8-9-21-17-15(24-4)11-12-6-7-13(18(20)23)10-14(12)19(17,2)3/h6-7,10,15,17,21H,5,8-9,11H2,1-4H3,(H2,20,23). The van der Waals surface area contributed by atoms with Gasteiger partial charge in [0, 0.05) is 37.1 Å². The molecule has 0 heterocycles. The van der Waals surface area contributed by atoms with Gasteiger partial charge in [-0.2, -0.15) is 0 Å². The van der Waals surface area contributed by atoms with Gasteiger partial charge in [0.25, 0.3) is 0 Å². The Bertz CT molecular complexity index is 642. The molecule has 0 bridgehead atoms. The number of ether oxygens (including phenoxy) is 2. The van der Waals surface area contributed by atoms with E-state index in [1.54, 1.807) is 20.1 Å². The fourth-order valence-electron chi connectivity index (χ4n) is 3.64. The van der Waals surface area contributed by atoms with E-state index >= 15 is 0 Å². The second kappa shape index (κ2) is 7.97. The molecule has 1 aliphatic rings. The van der Waals surface area contributed by atoms with Crippen molar-refractivity contribution >= 4 is 11.9 Å².